The Morgan fingerprint density at radius 2 is 1.91 bits per heavy atom. The predicted octanol–water partition coefficient (Wildman–Crippen LogP) is 3.68. The second-order valence-corrected chi connectivity index (χ2v) is 6.64. The van der Waals surface area contributed by atoms with E-state index in [-0.39, 0.29) is 17.7 Å². The molecule has 1 heterocycles. The molecule has 3 rings (SSSR count). The van der Waals surface area contributed by atoms with E-state index in [1.807, 2.05) is 43.3 Å². The van der Waals surface area contributed by atoms with Gasteiger partial charge in [0.05, 0.1) is 9.88 Å². The van der Waals surface area contributed by atoms with Crippen molar-refractivity contribution >= 4 is 33.8 Å². The third kappa shape index (κ3) is 3.04. The van der Waals surface area contributed by atoms with E-state index in [4.69, 9.17) is 0 Å². The summed E-state index contributed by atoms with van der Waals surface area (Å²) in [6, 6.07) is 11.4. The molecule has 0 radical (unpaired) electrons. The molecule has 1 N–H and O–H groups in total. The largest absolute Gasteiger partial charge is 0.317 e. The van der Waals surface area contributed by atoms with E-state index in [2.05, 4.69) is 5.32 Å². The summed E-state index contributed by atoms with van der Waals surface area (Å²) < 4.78 is 0. The highest BCUT2D eigenvalue weighted by Crippen LogP contribution is 2.33. The average Bonchev–Trinajstić information content (AvgIpc) is 3.31. The molecule has 0 aliphatic heterocycles. The van der Waals surface area contributed by atoms with Gasteiger partial charge in [-0.05, 0) is 43.5 Å². The maximum atomic E-state index is 12.6. The molecular weight excluding hydrogens is 296 g/mol. The van der Waals surface area contributed by atoms with Crippen molar-refractivity contribution < 1.29 is 9.59 Å². The number of benzene rings is 1. The van der Waals surface area contributed by atoms with E-state index in [0.717, 1.165) is 29.1 Å². The lowest BCUT2D eigenvalue weighted by Crippen LogP contribution is -2.25. The van der Waals surface area contributed by atoms with E-state index in [1.165, 1.54) is 11.3 Å². The molecule has 1 aliphatic rings. The van der Waals surface area contributed by atoms with Gasteiger partial charge in [0, 0.05) is 18.7 Å². The maximum Gasteiger partial charge on any atom is 0.268 e. The van der Waals surface area contributed by atoms with Gasteiger partial charge in [-0.15, -0.1) is 11.3 Å². The Kier molecular flexibility index (Phi) is 3.98. The van der Waals surface area contributed by atoms with Crippen LogP contribution in [0.5, 0.6) is 0 Å². The van der Waals surface area contributed by atoms with Crippen molar-refractivity contribution in [3.05, 3.63) is 46.8 Å². The number of amides is 2. The number of nitrogens with one attached hydrogen (secondary N) is 1. The lowest BCUT2D eigenvalue weighted by Gasteiger charge is -2.16. The van der Waals surface area contributed by atoms with E-state index in [9.17, 15) is 9.59 Å². The Balaban J connectivity index is 1.77. The highest BCUT2D eigenvalue weighted by molar-refractivity contribution is 7.18. The van der Waals surface area contributed by atoms with Crippen LogP contribution in [0.15, 0.2) is 36.4 Å². The summed E-state index contributed by atoms with van der Waals surface area (Å²) in [5.74, 6) is 0.172. The number of rotatable bonds is 4. The molecule has 1 aromatic carbocycles. The molecule has 0 unspecified atom stereocenters. The van der Waals surface area contributed by atoms with Crippen LogP contribution in [0.1, 0.15) is 28.1 Å². The molecule has 0 atom stereocenters. The minimum atomic E-state index is -0.0550. The molecule has 1 aliphatic carbocycles. The molecule has 2 aromatic rings. The zero-order valence-electron chi connectivity index (χ0n) is 12.6. The van der Waals surface area contributed by atoms with Crippen molar-refractivity contribution in [2.24, 2.45) is 5.92 Å². The normalized spacial score (nSPS) is 13.7. The first-order valence-corrected chi connectivity index (χ1v) is 8.12. The Labute approximate surface area is 133 Å². The summed E-state index contributed by atoms with van der Waals surface area (Å²) in [4.78, 5) is 26.8. The molecule has 2 amide bonds. The topological polar surface area (TPSA) is 49.4 Å². The lowest BCUT2D eigenvalue weighted by molar-refractivity contribution is -0.117. The molecule has 4 nitrogen and oxygen atoms in total. The minimum Gasteiger partial charge on any atom is -0.317 e. The van der Waals surface area contributed by atoms with Crippen LogP contribution in [0.4, 0.5) is 10.7 Å². The number of hydrogen-bond acceptors (Lipinski definition) is 3. The maximum absolute atomic E-state index is 12.6. The van der Waals surface area contributed by atoms with Crippen molar-refractivity contribution in [3.8, 4) is 0 Å². The molecule has 22 heavy (non-hydrogen) atoms. The quantitative estimate of drug-likeness (QED) is 0.936. The minimum absolute atomic E-state index is 0.0550. The van der Waals surface area contributed by atoms with Gasteiger partial charge in [0.1, 0.15) is 0 Å². The number of carbonyl (C=O) groups excluding carboxylic acids is 2. The summed E-state index contributed by atoms with van der Waals surface area (Å²) >= 11 is 1.34. The van der Waals surface area contributed by atoms with Gasteiger partial charge in [-0.1, -0.05) is 18.2 Å². The molecule has 1 fully saturated rings. The summed E-state index contributed by atoms with van der Waals surface area (Å²) in [5.41, 5.74) is 1.74. The van der Waals surface area contributed by atoms with Crippen LogP contribution in [0.25, 0.3) is 0 Å². The van der Waals surface area contributed by atoms with Gasteiger partial charge < -0.3 is 10.2 Å². The zero-order chi connectivity index (χ0) is 15.7. The fourth-order valence-electron chi connectivity index (χ4n) is 2.25. The Bertz CT molecular complexity index is 705. The summed E-state index contributed by atoms with van der Waals surface area (Å²) in [6.45, 7) is 1.90. The van der Waals surface area contributed by atoms with Crippen molar-refractivity contribution in [2.45, 2.75) is 19.8 Å². The number of carbonyl (C=O) groups is 2. The molecule has 1 saturated carbocycles. The summed E-state index contributed by atoms with van der Waals surface area (Å²) in [5, 5.41) is 3.66. The fourth-order valence-corrected chi connectivity index (χ4v) is 3.30. The predicted molar refractivity (Wildman–Crippen MR) is 89.6 cm³/mol. The van der Waals surface area contributed by atoms with Gasteiger partial charge in [0.25, 0.3) is 5.91 Å². The van der Waals surface area contributed by atoms with Crippen LogP contribution in [-0.4, -0.2) is 18.9 Å². The van der Waals surface area contributed by atoms with E-state index in [1.54, 1.807) is 11.9 Å². The van der Waals surface area contributed by atoms with Crippen LogP contribution in [0.2, 0.25) is 0 Å². The van der Waals surface area contributed by atoms with Crippen LogP contribution in [0, 0.1) is 12.8 Å². The lowest BCUT2D eigenvalue weighted by atomic mass is 10.2. The average molecular weight is 314 g/mol. The van der Waals surface area contributed by atoms with Gasteiger partial charge >= 0.3 is 0 Å². The van der Waals surface area contributed by atoms with Crippen molar-refractivity contribution in [2.75, 3.05) is 17.3 Å². The van der Waals surface area contributed by atoms with Crippen molar-refractivity contribution in [1.82, 2.24) is 0 Å². The SMILES string of the molecule is Cc1cc(NC(=O)C2CC2)sc1C(=O)N(C)c1ccccc1. The van der Waals surface area contributed by atoms with Crippen molar-refractivity contribution in [3.63, 3.8) is 0 Å². The molecule has 114 valence electrons. The zero-order valence-corrected chi connectivity index (χ0v) is 13.4. The molecule has 0 saturated heterocycles. The molecule has 5 heteroatoms. The fraction of sp³-hybridized carbons (Fsp3) is 0.294. The third-order valence-electron chi connectivity index (χ3n) is 3.75. The molecule has 1 aromatic heterocycles. The van der Waals surface area contributed by atoms with Crippen LogP contribution in [0.3, 0.4) is 0 Å². The number of nitrogens with zero attached hydrogens (tertiary/aromatic N) is 1. The van der Waals surface area contributed by atoms with E-state index < -0.39 is 0 Å². The first-order valence-electron chi connectivity index (χ1n) is 7.30. The third-order valence-corrected chi connectivity index (χ3v) is 4.90. The Morgan fingerprint density at radius 1 is 1.23 bits per heavy atom. The first-order chi connectivity index (χ1) is 10.6. The number of hydrogen-bond donors (Lipinski definition) is 1. The van der Waals surface area contributed by atoms with Gasteiger partial charge in [-0.2, -0.15) is 0 Å². The van der Waals surface area contributed by atoms with Crippen LogP contribution in [-0.2, 0) is 4.79 Å². The number of thiophene rings is 1. The highest BCUT2D eigenvalue weighted by Gasteiger charge is 2.30. The highest BCUT2D eigenvalue weighted by atomic mass is 32.1. The van der Waals surface area contributed by atoms with Gasteiger partial charge in [0.2, 0.25) is 5.91 Å². The Hall–Kier alpha value is -2.14. The van der Waals surface area contributed by atoms with Gasteiger partial charge in [-0.3, -0.25) is 9.59 Å². The van der Waals surface area contributed by atoms with Crippen LogP contribution >= 0.6 is 11.3 Å². The Morgan fingerprint density at radius 3 is 2.55 bits per heavy atom. The number of para-hydroxylation sites is 1. The molecule has 0 bridgehead atoms. The first kappa shape index (κ1) is 14.8. The second kappa shape index (κ2) is 5.93. The van der Waals surface area contributed by atoms with Gasteiger partial charge in [-0.25, -0.2) is 0 Å². The molecule has 0 spiro atoms. The van der Waals surface area contributed by atoms with Crippen LogP contribution < -0.4 is 10.2 Å². The summed E-state index contributed by atoms with van der Waals surface area (Å²) in [6.07, 6.45) is 1.94. The summed E-state index contributed by atoms with van der Waals surface area (Å²) in [7, 11) is 1.76. The number of aryl methyl sites for hydroxylation is 1. The van der Waals surface area contributed by atoms with E-state index in [0.29, 0.717) is 4.88 Å². The van der Waals surface area contributed by atoms with Crippen molar-refractivity contribution in [1.29, 1.82) is 0 Å². The molecular formula is C17H18N2O2S. The second-order valence-electron chi connectivity index (χ2n) is 5.59. The smallest absolute Gasteiger partial charge is 0.268 e. The van der Waals surface area contributed by atoms with Gasteiger partial charge in [0.15, 0.2) is 0 Å². The van der Waals surface area contributed by atoms with E-state index >= 15 is 0 Å². The monoisotopic (exact) mass is 314 g/mol. The number of anilines is 2. The standard InChI is InChI=1S/C17H18N2O2S/c1-11-10-14(18-16(20)12-8-9-12)22-15(11)17(21)19(2)13-6-4-3-5-7-13/h3-7,10,12H,8-9H2,1-2H3,(H,18,20).